The number of carbonyl (C=O) groups is 1. The van der Waals surface area contributed by atoms with E-state index < -0.39 is 17.5 Å². The highest BCUT2D eigenvalue weighted by Crippen LogP contribution is 2.30. The number of amides is 1. The number of anilines is 1. The number of hydrogen-bond acceptors (Lipinski definition) is 5. The lowest BCUT2D eigenvalue weighted by Crippen LogP contribution is -2.24. The first-order valence-corrected chi connectivity index (χ1v) is 10.7. The lowest BCUT2D eigenvalue weighted by Gasteiger charge is -2.13. The van der Waals surface area contributed by atoms with Gasteiger partial charge in [0.25, 0.3) is 5.56 Å². The van der Waals surface area contributed by atoms with Crippen molar-refractivity contribution in [2.24, 2.45) is 0 Å². The first-order valence-electron chi connectivity index (χ1n) is 8.75. The summed E-state index contributed by atoms with van der Waals surface area (Å²) in [6.07, 6.45) is 0.700. The largest absolute Gasteiger partial charge is 0.323 e. The minimum atomic E-state index is -0.850. The minimum Gasteiger partial charge on any atom is -0.323 e. The predicted octanol–water partition coefficient (Wildman–Crippen LogP) is 3.89. The van der Waals surface area contributed by atoms with Crippen molar-refractivity contribution in [3.05, 3.63) is 76.2 Å². The Kier molecular flexibility index (Phi) is 5.68. The molecular weight excluding hydrogens is 416 g/mol. The number of thioether (sulfide) groups is 2. The SMILES string of the molecule is O=C(CSc1nc2c(c(=O)n1-c1ccccc1)SCC2)Nc1ccc(F)cc1F. The van der Waals surface area contributed by atoms with Crippen LogP contribution in [0.3, 0.4) is 0 Å². The first-order chi connectivity index (χ1) is 14.0. The Morgan fingerprint density at radius 2 is 2.00 bits per heavy atom. The van der Waals surface area contributed by atoms with Crippen LogP contribution in [0.1, 0.15) is 5.69 Å². The molecule has 1 aromatic heterocycles. The maximum absolute atomic E-state index is 13.7. The number of aromatic nitrogens is 2. The first kappa shape index (κ1) is 19.7. The van der Waals surface area contributed by atoms with Crippen LogP contribution in [0.15, 0.2) is 63.4 Å². The fraction of sp³-hybridized carbons (Fsp3) is 0.150. The Balaban J connectivity index is 1.59. The fourth-order valence-corrected chi connectivity index (χ4v) is 4.75. The third kappa shape index (κ3) is 4.20. The summed E-state index contributed by atoms with van der Waals surface area (Å²) >= 11 is 2.58. The van der Waals surface area contributed by atoms with E-state index in [9.17, 15) is 18.4 Å². The maximum Gasteiger partial charge on any atom is 0.272 e. The van der Waals surface area contributed by atoms with Gasteiger partial charge in [0, 0.05) is 18.2 Å². The molecule has 1 aliphatic heterocycles. The lowest BCUT2D eigenvalue weighted by atomic mass is 10.3. The Morgan fingerprint density at radius 1 is 1.21 bits per heavy atom. The molecule has 4 rings (SSSR count). The van der Waals surface area contributed by atoms with Gasteiger partial charge in [0.2, 0.25) is 5.91 Å². The lowest BCUT2D eigenvalue weighted by molar-refractivity contribution is -0.113. The van der Waals surface area contributed by atoms with E-state index in [-0.39, 0.29) is 17.0 Å². The van der Waals surface area contributed by atoms with Crippen molar-refractivity contribution >= 4 is 35.1 Å². The molecule has 0 saturated carbocycles. The molecule has 2 aromatic carbocycles. The predicted molar refractivity (Wildman–Crippen MR) is 110 cm³/mol. The second kappa shape index (κ2) is 8.38. The van der Waals surface area contributed by atoms with E-state index in [1.54, 1.807) is 12.1 Å². The highest BCUT2D eigenvalue weighted by atomic mass is 32.2. The monoisotopic (exact) mass is 431 g/mol. The van der Waals surface area contributed by atoms with Crippen LogP contribution in [0.5, 0.6) is 0 Å². The molecule has 0 atom stereocenters. The number of benzene rings is 2. The number of nitrogens with one attached hydrogen (secondary N) is 1. The molecule has 0 saturated heterocycles. The highest BCUT2D eigenvalue weighted by Gasteiger charge is 2.23. The summed E-state index contributed by atoms with van der Waals surface area (Å²) in [5.41, 5.74) is 1.14. The van der Waals surface area contributed by atoms with Gasteiger partial charge in [-0.3, -0.25) is 14.2 Å². The summed E-state index contributed by atoms with van der Waals surface area (Å²) in [5, 5.41) is 2.81. The molecule has 0 aliphatic carbocycles. The smallest absolute Gasteiger partial charge is 0.272 e. The van der Waals surface area contributed by atoms with E-state index in [0.717, 1.165) is 35.3 Å². The summed E-state index contributed by atoms with van der Waals surface area (Å²) < 4.78 is 28.2. The second-order valence-electron chi connectivity index (χ2n) is 6.21. The van der Waals surface area contributed by atoms with Gasteiger partial charge in [-0.1, -0.05) is 30.0 Å². The maximum atomic E-state index is 13.7. The van der Waals surface area contributed by atoms with E-state index in [2.05, 4.69) is 10.3 Å². The molecule has 3 aromatic rings. The molecule has 9 heteroatoms. The number of fused-ring (bicyclic) bond motifs is 1. The Hall–Kier alpha value is -2.65. The second-order valence-corrected chi connectivity index (χ2v) is 8.25. The molecule has 0 spiro atoms. The molecule has 1 N–H and O–H groups in total. The Morgan fingerprint density at radius 3 is 2.76 bits per heavy atom. The molecule has 1 aliphatic rings. The molecule has 29 heavy (non-hydrogen) atoms. The van der Waals surface area contributed by atoms with Crippen LogP contribution in [-0.4, -0.2) is 27.0 Å². The number of hydrogen-bond donors (Lipinski definition) is 1. The summed E-state index contributed by atoms with van der Waals surface area (Å²) in [6, 6.07) is 12.0. The van der Waals surface area contributed by atoms with Gasteiger partial charge >= 0.3 is 0 Å². The molecular formula is C20H15F2N3O2S2. The standard InChI is InChI=1S/C20H15F2N3O2S2/c21-12-6-7-15(14(22)10-12)23-17(26)11-29-20-24-16-8-9-28-18(16)19(27)25(20)13-4-2-1-3-5-13/h1-7,10H,8-9,11H2,(H,23,26). The van der Waals surface area contributed by atoms with E-state index in [0.29, 0.717) is 28.2 Å². The van der Waals surface area contributed by atoms with Gasteiger partial charge in [0.05, 0.1) is 27.7 Å². The number of nitrogens with zero attached hydrogens (tertiary/aromatic N) is 2. The van der Waals surface area contributed by atoms with Gasteiger partial charge in [0.1, 0.15) is 11.6 Å². The van der Waals surface area contributed by atoms with Gasteiger partial charge in [-0.2, -0.15) is 0 Å². The minimum absolute atomic E-state index is 0.0813. The summed E-state index contributed by atoms with van der Waals surface area (Å²) in [6.45, 7) is 0. The van der Waals surface area contributed by atoms with Crippen LogP contribution in [0.25, 0.3) is 5.69 Å². The van der Waals surface area contributed by atoms with Crippen LogP contribution in [0.2, 0.25) is 0 Å². The normalized spacial score (nSPS) is 12.6. The highest BCUT2D eigenvalue weighted by molar-refractivity contribution is 8.00. The number of aryl methyl sites for hydroxylation is 1. The topological polar surface area (TPSA) is 64.0 Å². The van der Waals surface area contributed by atoms with Gasteiger partial charge in [0.15, 0.2) is 5.16 Å². The number of carbonyl (C=O) groups excluding carboxylic acids is 1. The van der Waals surface area contributed by atoms with Crippen LogP contribution in [0, 0.1) is 11.6 Å². The summed E-state index contributed by atoms with van der Waals surface area (Å²) in [4.78, 5) is 30.5. The van der Waals surface area contributed by atoms with Crippen molar-refractivity contribution in [3.63, 3.8) is 0 Å². The van der Waals surface area contributed by atoms with Crippen molar-refractivity contribution in [3.8, 4) is 5.69 Å². The van der Waals surface area contributed by atoms with E-state index in [1.807, 2.05) is 18.2 Å². The Labute approximate surface area is 173 Å². The van der Waals surface area contributed by atoms with Crippen LogP contribution in [-0.2, 0) is 11.2 Å². The molecule has 2 heterocycles. The van der Waals surface area contributed by atoms with Gasteiger partial charge < -0.3 is 5.32 Å². The van der Waals surface area contributed by atoms with Crippen LogP contribution >= 0.6 is 23.5 Å². The third-order valence-electron chi connectivity index (χ3n) is 4.22. The molecule has 0 bridgehead atoms. The summed E-state index contributed by atoms with van der Waals surface area (Å²) in [7, 11) is 0. The van der Waals surface area contributed by atoms with E-state index >= 15 is 0 Å². The van der Waals surface area contributed by atoms with Gasteiger partial charge in [-0.25, -0.2) is 13.8 Å². The van der Waals surface area contributed by atoms with Crippen molar-refractivity contribution in [1.82, 2.24) is 9.55 Å². The zero-order chi connectivity index (χ0) is 20.4. The van der Waals surface area contributed by atoms with Crippen LogP contribution < -0.4 is 10.9 Å². The number of para-hydroxylation sites is 1. The number of rotatable bonds is 5. The Bertz CT molecular complexity index is 1140. The van der Waals surface area contributed by atoms with Gasteiger partial charge in [-0.15, -0.1) is 11.8 Å². The average Bonchev–Trinajstić information content (AvgIpc) is 3.18. The third-order valence-corrected chi connectivity index (χ3v) is 6.26. The average molecular weight is 431 g/mol. The van der Waals surface area contributed by atoms with Crippen molar-refractivity contribution in [2.45, 2.75) is 16.5 Å². The number of halogens is 2. The molecule has 5 nitrogen and oxygen atoms in total. The molecule has 1 amide bonds. The van der Waals surface area contributed by atoms with Crippen molar-refractivity contribution in [1.29, 1.82) is 0 Å². The zero-order valence-corrected chi connectivity index (χ0v) is 16.7. The molecule has 0 fully saturated rings. The summed E-state index contributed by atoms with van der Waals surface area (Å²) in [5.74, 6) is -1.34. The van der Waals surface area contributed by atoms with Gasteiger partial charge in [-0.05, 0) is 24.3 Å². The van der Waals surface area contributed by atoms with E-state index in [4.69, 9.17) is 0 Å². The van der Waals surface area contributed by atoms with E-state index in [1.165, 1.54) is 16.3 Å². The quantitative estimate of drug-likeness (QED) is 0.491. The fourth-order valence-electron chi connectivity index (χ4n) is 2.90. The zero-order valence-electron chi connectivity index (χ0n) is 15.0. The van der Waals surface area contributed by atoms with Crippen molar-refractivity contribution in [2.75, 3.05) is 16.8 Å². The molecule has 0 unspecified atom stereocenters. The molecule has 148 valence electrons. The molecule has 0 radical (unpaired) electrons. The van der Waals surface area contributed by atoms with Crippen LogP contribution in [0.4, 0.5) is 14.5 Å². The van der Waals surface area contributed by atoms with Crippen molar-refractivity contribution < 1.29 is 13.6 Å².